The van der Waals surface area contributed by atoms with Crippen LogP contribution >= 0.6 is 0 Å². The number of anilines is 1. The zero-order chi connectivity index (χ0) is 16.1. The van der Waals surface area contributed by atoms with E-state index in [9.17, 15) is 0 Å². The van der Waals surface area contributed by atoms with Crippen molar-refractivity contribution < 1.29 is 0 Å². The van der Waals surface area contributed by atoms with E-state index in [-0.39, 0.29) is 0 Å². The van der Waals surface area contributed by atoms with E-state index in [0.717, 1.165) is 30.4 Å². The molecule has 23 heavy (non-hydrogen) atoms. The quantitative estimate of drug-likeness (QED) is 0.648. The molecule has 1 aromatic rings. The molecule has 2 N–H and O–H groups in total. The molecule has 3 rings (SSSR count). The minimum atomic E-state index is 0.389. The second kappa shape index (κ2) is 7.66. The topological polar surface area (TPSA) is 52.6 Å². The van der Waals surface area contributed by atoms with Crippen LogP contribution in [0.4, 0.5) is 5.82 Å². The van der Waals surface area contributed by atoms with Crippen LogP contribution in [0.2, 0.25) is 0 Å². The predicted molar refractivity (Wildman–Crippen MR) is 95.9 cm³/mol. The SMILES string of the molecule is CC(C)NC(=NCc1ccc(N2CCCCC2)nc1)NC1CC1. The molecule has 0 aromatic carbocycles. The van der Waals surface area contributed by atoms with E-state index >= 15 is 0 Å². The van der Waals surface area contributed by atoms with Gasteiger partial charge in [0.1, 0.15) is 5.82 Å². The summed E-state index contributed by atoms with van der Waals surface area (Å²) in [5.74, 6) is 2.02. The summed E-state index contributed by atoms with van der Waals surface area (Å²) in [6, 6.07) is 5.30. The van der Waals surface area contributed by atoms with Crippen molar-refractivity contribution in [3.63, 3.8) is 0 Å². The Morgan fingerprint density at radius 3 is 2.65 bits per heavy atom. The van der Waals surface area contributed by atoms with E-state index in [4.69, 9.17) is 4.99 Å². The van der Waals surface area contributed by atoms with Crippen molar-refractivity contribution in [2.75, 3.05) is 18.0 Å². The Kier molecular flexibility index (Phi) is 5.36. The number of rotatable bonds is 5. The Balaban J connectivity index is 1.58. The monoisotopic (exact) mass is 315 g/mol. The molecule has 2 fully saturated rings. The van der Waals surface area contributed by atoms with E-state index in [1.807, 2.05) is 6.20 Å². The molecule has 1 aromatic heterocycles. The lowest BCUT2D eigenvalue weighted by molar-refractivity contribution is 0.573. The second-order valence-corrected chi connectivity index (χ2v) is 6.95. The van der Waals surface area contributed by atoms with Crippen LogP contribution in [0.5, 0.6) is 0 Å². The van der Waals surface area contributed by atoms with Crippen molar-refractivity contribution >= 4 is 11.8 Å². The van der Waals surface area contributed by atoms with Crippen molar-refractivity contribution in [3.05, 3.63) is 23.9 Å². The maximum Gasteiger partial charge on any atom is 0.192 e. The summed E-state index contributed by atoms with van der Waals surface area (Å²) >= 11 is 0. The van der Waals surface area contributed by atoms with E-state index in [2.05, 4.69) is 46.5 Å². The molecule has 5 heteroatoms. The smallest absolute Gasteiger partial charge is 0.192 e. The lowest BCUT2D eigenvalue weighted by Crippen LogP contribution is -2.42. The lowest BCUT2D eigenvalue weighted by Gasteiger charge is -2.27. The number of aromatic nitrogens is 1. The normalized spacial score (nSPS) is 19.1. The number of pyridine rings is 1. The van der Waals surface area contributed by atoms with E-state index in [1.165, 1.54) is 32.1 Å². The van der Waals surface area contributed by atoms with Gasteiger partial charge >= 0.3 is 0 Å². The molecule has 0 amide bonds. The van der Waals surface area contributed by atoms with Gasteiger partial charge in [0.2, 0.25) is 0 Å². The zero-order valence-corrected chi connectivity index (χ0v) is 14.4. The average Bonchev–Trinajstić information content (AvgIpc) is 3.37. The fraction of sp³-hybridized carbons (Fsp3) is 0.667. The van der Waals surface area contributed by atoms with Crippen LogP contribution in [0.1, 0.15) is 51.5 Å². The van der Waals surface area contributed by atoms with Gasteiger partial charge in [-0.3, -0.25) is 0 Å². The van der Waals surface area contributed by atoms with Crippen LogP contribution in [0, 0.1) is 0 Å². The van der Waals surface area contributed by atoms with Gasteiger partial charge in [-0.2, -0.15) is 0 Å². The van der Waals surface area contributed by atoms with E-state index in [1.54, 1.807) is 0 Å². The molecule has 2 heterocycles. The van der Waals surface area contributed by atoms with Gasteiger partial charge in [-0.1, -0.05) is 6.07 Å². The standard InChI is InChI=1S/C18H29N5/c1-14(2)21-18(22-16-7-8-16)20-13-15-6-9-17(19-12-15)23-10-4-3-5-11-23/h6,9,12,14,16H,3-5,7-8,10-11,13H2,1-2H3,(H2,20,21,22). The highest BCUT2D eigenvalue weighted by molar-refractivity contribution is 5.80. The number of hydrogen-bond donors (Lipinski definition) is 2. The van der Waals surface area contributed by atoms with Crippen LogP contribution in [0.15, 0.2) is 23.3 Å². The van der Waals surface area contributed by atoms with Gasteiger partial charge in [-0.15, -0.1) is 0 Å². The summed E-state index contributed by atoms with van der Waals surface area (Å²) in [7, 11) is 0. The van der Waals surface area contributed by atoms with Crippen molar-refractivity contribution in [3.8, 4) is 0 Å². The number of guanidine groups is 1. The summed E-state index contributed by atoms with van der Waals surface area (Å²) in [4.78, 5) is 11.7. The first-order valence-electron chi connectivity index (χ1n) is 8.98. The number of piperidine rings is 1. The molecule has 0 unspecified atom stereocenters. The Labute approximate surface area is 139 Å². The first-order chi connectivity index (χ1) is 11.2. The average molecular weight is 315 g/mol. The number of nitrogens with one attached hydrogen (secondary N) is 2. The van der Waals surface area contributed by atoms with Crippen molar-refractivity contribution in [2.24, 2.45) is 4.99 Å². The molecule has 0 spiro atoms. The maximum atomic E-state index is 4.70. The van der Waals surface area contributed by atoms with Crippen molar-refractivity contribution in [2.45, 2.75) is 64.6 Å². The summed E-state index contributed by atoms with van der Waals surface area (Å²) in [5.41, 5.74) is 1.16. The molecular formula is C18H29N5. The fourth-order valence-corrected chi connectivity index (χ4v) is 2.82. The first kappa shape index (κ1) is 16.1. The third-order valence-electron chi connectivity index (χ3n) is 4.25. The zero-order valence-electron chi connectivity index (χ0n) is 14.4. The highest BCUT2D eigenvalue weighted by Gasteiger charge is 2.22. The van der Waals surface area contributed by atoms with Crippen LogP contribution in [0.25, 0.3) is 0 Å². The highest BCUT2D eigenvalue weighted by atomic mass is 15.2. The fourth-order valence-electron chi connectivity index (χ4n) is 2.82. The highest BCUT2D eigenvalue weighted by Crippen LogP contribution is 2.19. The van der Waals surface area contributed by atoms with Gasteiger partial charge in [0.05, 0.1) is 6.54 Å². The summed E-state index contributed by atoms with van der Waals surface area (Å²) in [6.07, 6.45) is 8.39. The maximum absolute atomic E-state index is 4.70. The number of nitrogens with zero attached hydrogens (tertiary/aromatic N) is 3. The van der Waals surface area contributed by atoms with Crippen LogP contribution in [0.3, 0.4) is 0 Å². The minimum absolute atomic E-state index is 0.389. The van der Waals surface area contributed by atoms with Crippen molar-refractivity contribution in [1.29, 1.82) is 0 Å². The van der Waals surface area contributed by atoms with Crippen LogP contribution in [-0.2, 0) is 6.54 Å². The molecular weight excluding hydrogens is 286 g/mol. The molecule has 1 aliphatic carbocycles. The molecule has 126 valence electrons. The summed E-state index contributed by atoms with van der Waals surface area (Å²) in [6.45, 7) is 7.22. The van der Waals surface area contributed by atoms with Crippen LogP contribution in [-0.4, -0.2) is 36.1 Å². The van der Waals surface area contributed by atoms with Gasteiger partial charge in [0, 0.05) is 31.4 Å². The van der Waals surface area contributed by atoms with Gasteiger partial charge in [-0.25, -0.2) is 9.98 Å². The largest absolute Gasteiger partial charge is 0.357 e. The van der Waals surface area contributed by atoms with Gasteiger partial charge in [0.15, 0.2) is 5.96 Å². The number of hydrogen-bond acceptors (Lipinski definition) is 3. The third-order valence-corrected chi connectivity index (χ3v) is 4.25. The summed E-state index contributed by atoms with van der Waals surface area (Å²) in [5, 5.41) is 6.86. The molecule has 0 radical (unpaired) electrons. The Morgan fingerprint density at radius 2 is 2.04 bits per heavy atom. The summed E-state index contributed by atoms with van der Waals surface area (Å²) < 4.78 is 0. The Hall–Kier alpha value is -1.78. The Morgan fingerprint density at radius 1 is 1.26 bits per heavy atom. The molecule has 5 nitrogen and oxygen atoms in total. The van der Waals surface area contributed by atoms with Gasteiger partial charge < -0.3 is 15.5 Å². The molecule has 1 saturated carbocycles. The van der Waals surface area contributed by atoms with Crippen molar-refractivity contribution in [1.82, 2.24) is 15.6 Å². The predicted octanol–water partition coefficient (Wildman–Crippen LogP) is 2.68. The third kappa shape index (κ3) is 5.12. The molecule has 1 saturated heterocycles. The molecule has 1 aliphatic heterocycles. The first-order valence-corrected chi connectivity index (χ1v) is 8.98. The lowest BCUT2D eigenvalue weighted by atomic mass is 10.1. The van der Waals surface area contributed by atoms with Gasteiger partial charge in [0.25, 0.3) is 0 Å². The van der Waals surface area contributed by atoms with E-state index < -0.39 is 0 Å². The van der Waals surface area contributed by atoms with Crippen LogP contribution < -0.4 is 15.5 Å². The van der Waals surface area contributed by atoms with E-state index in [0.29, 0.717) is 18.6 Å². The number of aliphatic imine (C=N–C) groups is 1. The molecule has 0 atom stereocenters. The Bertz CT molecular complexity index is 507. The molecule has 0 bridgehead atoms. The second-order valence-electron chi connectivity index (χ2n) is 6.95. The molecule has 2 aliphatic rings. The van der Waals surface area contributed by atoms with Gasteiger partial charge in [-0.05, 0) is 57.6 Å². The minimum Gasteiger partial charge on any atom is -0.357 e.